The fourth-order valence-electron chi connectivity index (χ4n) is 1.03. The molecule has 0 radical (unpaired) electrons. The van der Waals surface area contributed by atoms with E-state index < -0.39 is 18.3 Å². The van der Waals surface area contributed by atoms with Crippen LogP contribution in [0.25, 0.3) is 0 Å². The van der Waals surface area contributed by atoms with Crippen LogP contribution in [0, 0.1) is 12.0 Å². The first-order valence-corrected chi connectivity index (χ1v) is 7.72. The van der Waals surface area contributed by atoms with Crippen molar-refractivity contribution >= 4 is 0 Å². The molecule has 0 aromatic heterocycles. The molecule has 0 aromatic carbocycles. The average molecular weight is 477 g/mol. The maximum atomic E-state index is 9.53. The molecule has 128 valence electrons. The summed E-state index contributed by atoms with van der Waals surface area (Å²) in [5, 5.41) is 28.6. The molecule has 0 spiro atoms. The minimum atomic E-state index is -0.417. The molecule has 1 aliphatic rings. The van der Waals surface area contributed by atoms with Crippen LogP contribution < -0.4 is 15.3 Å². The van der Waals surface area contributed by atoms with E-state index in [0.29, 0.717) is 0 Å². The quantitative estimate of drug-likeness (QED) is 0.452. The zero-order valence-electron chi connectivity index (χ0n) is 15.6. The van der Waals surface area contributed by atoms with E-state index in [1.165, 1.54) is 12.0 Å². The third kappa shape index (κ3) is 59.3. The van der Waals surface area contributed by atoms with Crippen molar-refractivity contribution in [1.82, 2.24) is 0 Å². The molecule has 0 heterocycles. The summed E-state index contributed by atoms with van der Waals surface area (Å²) in [6.45, 7) is 14.1. The number of hydrogen-bond donors (Lipinski definition) is 0. The second kappa shape index (κ2) is 21.2. The first-order chi connectivity index (χ1) is 9.48. The Hall–Kier alpha value is 0.230. The maximum absolute atomic E-state index is 9.53. The van der Waals surface area contributed by atoms with Crippen molar-refractivity contribution in [3.05, 3.63) is 23.8 Å². The normalized spacial score (nSPS) is 11.9. The van der Waals surface area contributed by atoms with Gasteiger partial charge in [-0.15, -0.1) is 24.7 Å². The second-order valence-electron chi connectivity index (χ2n) is 6.05. The second-order valence-corrected chi connectivity index (χ2v) is 6.05. The summed E-state index contributed by atoms with van der Waals surface area (Å²) in [5.41, 5.74) is 1.39. The van der Waals surface area contributed by atoms with Gasteiger partial charge in [-0.25, -0.2) is 11.6 Å². The Labute approximate surface area is 157 Å². The fraction of sp³-hybridized carbons (Fsp3) is 0.778. The van der Waals surface area contributed by atoms with Gasteiger partial charge in [0.05, 0.1) is 0 Å². The van der Waals surface area contributed by atoms with Crippen LogP contribution in [0.5, 0.6) is 0 Å². The number of hydrogen-bond acceptors (Lipinski definition) is 3. The SMILES string of the molecule is CC(C)CC1=[C-]CC=C1.CC(C)[O-].CC(C)[O-].CC(C)[O-].[Hf+4]. The van der Waals surface area contributed by atoms with Crippen LogP contribution in [-0.2, 0) is 25.8 Å². The molecule has 0 unspecified atom stereocenters. The average Bonchev–Trinajstić information content (AvgIpc) is 2.65. The minimum Gasteiger partial charge on any atom is -0.852 e. The zero-order valence-corrected chi connectivity index (χ0v) is 19.2. The largest absolute Gasteiger partial charge is 4.00 e. The molecule has 1 aliphatic carbocycles. The molecule has 0 aliphatic heterocycles. The van der Waals surface area contributed by atoms with Gasteiger partial charge in [0.15, 0.2) is 0 Å². The Morgan fingerprint density at radius 1 is 0.864 bits per heavy atom. The van der Waals surface area contributed by atoms with E-state index in [2.05, 4.69) is 32.1 Å². The van der Waals surface area contributed by atoms with Gasteiger partial charge in [0.2, 0.25) is 0 Å². The summed E-state index contributed by atoms with van der Waals surface area (Å²) in [6, 6.07) is 0. The predicted octanol–water partition coefficient (Wildman–Crippen LogP) is 1.98. The van der Waals surface area contributed by atoms with E-state index in [-0.39, 0.29) is 25.8 Å². The summed E-state index contributed by atoms with van der Waals surface area (Å²) >= 11 is 0. The van der Waals surface area contributed by atoms with Gasteiger partial charge in [-0.3, -0.25) is 6.08 Å². The van der Waals surface area contributed by atoms with Crippen molar-refractivity contribution < 1.29 is 41.2 Å². The summed E-state index contributed by atoms with van der Waals surface area (Å²) in [5.74, 6) is 0.773. The van der Waals surface area contributed by atoms with E-state index in [4.69, 9.17) is 0 Å². The van der Waals surface area contributed by atoms with E-state index >= 15 is 0 Å². The molecule has 1 rings (SSSR count). The van der Waals surface area contributed by atoms with E-state index in [1.54, 1.807) is 41.5 Å². The number of rotatable bonds is 2. The van der Waals surface area contributed by atoms with Crippen molar-refractivity contribution in [2.24, 2.45) is 5.92 Å². The third-order valence-corrected chi connectivity index (χ3v) is 1.39. The first kappa shape index (κ1) is 30.1. The topological polar surface area (TPSA) is 69.2 Å². The standard InChI is InChI=1S/C9H13.3C3H7O.Hf/c1-8(2)7-9-5-3-4-6-9;3*1-3(2)4;/h3,5,8H,4,7H2,1-2H3;3*3H,1-2H3;/q4*-1;+4. The molecule has 0 fully saturated rings. The Morgan fingerprint density at radius 2 is 1.18 bits per heavy atom. The van der Waals surface area contributed by atoms with Crippen molar-refractivity contribution in [3.63, 3.8) is 0 Å². The number of allylic oxidation sites excluding steroid dienone is 4. The summed E-state index contributed by atoms with van der Waals surface area (Å²) < 4.78 is 0. The molecular formula is C18H34HfO3. The molecule has 4 heteroatoms. The van der Waals surface area contributed by atoms with Crippen molar-refractivity contribution in [1.29, 1.82) is 0 Å². The monoisotopic (exact) mass is 478 g/mol. The van der Waals surface area contributed by atoms with Gasteiger partial charge in [0.1, 0.15) is 0 Å². The molecule has 22 heavy (non-hydrogen) atoms. The molecule has 0 bridgehead atoms. The summed E-state index contributed by atoms with van der Waals surface area (Å²) in [6.07, 6.45) is 8.61. The Morgan fingerprint density at radius 3 is 1.36 bits per heavy atom. The van der Waals surface area contributed by atoms with E-state index in [1.807, 2.05) is 0 Å². The molecule has 0 saturated heterocycles. The molecule has 0 atom stereocenters. The van der Waals surface area contributed by atoms with Gasteiger partial charge in [-0.05, 0) is 5.92 Å². The molecular weight excluding hydrogens is 443 g/mol. The van der Waals surface area contributed by atoms with Crippen molar-refractivity contribution in [3.8, 4) is 0 Å². The van der Waals surface area contributed by atoms with Crippen LogP contribution >= 0.6 is 0 Å². The van der Waals surface area contributed by atoms with Crippen molar-refractivity contribution in [2.45, 2.75) is 86.5 Å². The van der Waals surface area contributed by atoms with Gasteiger partial charge in [0.25, 0.3) is 0 Å². The van der Waals surface area contributed by atoms with Crippen LogP contribution in [0.15, 0.2) is 17.7 Å². The summed E-state index contributed by atoms with van der Waals surface area (Å²) in [4.78, 5) is 0. The van der Waals surface area contributed by atoms with E-state index in [9.17, 15) is 15.3 Å². The Balaban J connectivity index is -0.000000107. The van der Waals surface area contributed by atoms with Crippen LogP contribution in [0.1, 0.15) is 68.2 Å². The Kier molecular flexibility index (Phi) is 29.1. The van der Waals surface area contributed by atoms with Gasteiger partial charge >= 0.3 is 25.8 Å². The smallest absolute Gasteiger partial charge is 0.852 e. The summed E-state index contributed by atoms with van der Waals surface area (Å²) in [7, 11) is 0. The molecule has 0 saturated carbocycles. The van der Waals surface area contributed by atoms with Gasteiger partial charge in [-0.1, -0.05) is 61.8 Å². The molecule has 0 amide bonds. The molecule has 0 aromatic rings. The molecule has 0 N–H and O–H groups in total. The predicted molar refractivity (Wildman–Crippen MR) is 85.4 cm³/mol. The van der Waals surface area contributed by atoms with Crippen LogP contribution in [-0.4, -0.2) is 18.3 Å². The van der Waals surface area contributed by atoms with E-state index in [0.717, 1.165) is 12.3 Å². The fourth-order valence-corrected chi connectivity index (χ4v) is 1.03. The molecule has 3 nitrogen and oxygen atoms in total. The zero-order chi connectivity index (χ0) is 17.4. The maximum Gasteiger partial charge on any atom is 4.00 e. The third-order valence-electron chi connectivity index (χ3n) is 1.39. The van der Waals surface area contributed by atoms with Gasteiger partial charge < -0.3 is 15.3 Å². The van der Waals surface area contributed by atoms with Crippen LogP contribution in [0.3, 0.4) is 0 Å². The minimum absolute atomic E-state index is 0. The van der Waals surface area contributed by atoms with Crippen LogP contribution in [0.2, 0.25) is 0 Å². The van der Waals surface area contributed by atoms with Gasteiger partial charge in [0, 0.05) is 0 Å². The first-order valence-electron chi connectivity index (χ1n) is 7.72. The van der Waals surface area contributed by atoms with Gasteiger partial charge in [-0.2, -0.15) is 6.08 Å². The van der Waals surface area contributed by atoms with Crippen LogP contribution in [0.4, 0.5) is 0 Å². The van der Waals surface area contributed by atoms with Crippen molar-refractivity contribution in [2.75, 3.05) is 0 Å². The Bertz CT molecular complexity index is 235.